The normalized spacial score (nSPS) is 12.6. The molecular formula is C72H126O6. The summed E-state index contributed by atoms with van der Waals surface area (Å²) in [5, 5.41) is 0. The van der Waals surface area contributed by atoms with Gasteiger partial charge in [0.05, 0.1) is 0 Å². The Balaban J connectivity index is 4.06. The summed E-state index contributed by atoms with van der Waals surface area (Å²) in [6.45, 7) is 6.50. The Hall–Kier alpha value is -3.41. The molecule has 1 atom stereocenters. The van der Waals surface area contributed by atoms with Crippen molar-refractivity contribution in [3.8, 4) is 0 Å². The summed E-state index contributed by atoms with van der Waals surface area (Å²) in [7, 11) is 0. The number of ether oxygens (including phenoxy) is 3. The van der Waals surface area contributed by atoms with Crippen molar-refractivity contribution in [2.45, 2.75) is 341 Å². The van der Waals surface area contributed by atoms with Crippen molar-refractivity contribution < 1.29 is 28.6 Å². The van der Waals surface area contributed by atoms with E-state index in [1.54, 1.807) is 0 Å². The Morgan fingerprint density at radius 1 is 0.269 bits per heavy atom. The van der Waals surface area contributed by atoms with Crippen molar-refractivity contribution in [3.63, 3.8) is 0 Å². The highest BCUT2D eigenvalue weighted by molar-refractivity contribution is 5.71. The highest BCUT2D eigenvalue weighted by Gasteiger charge is 2.19. The summed E-state index contributed by atoms with van der Waals surface area (Å²) in [6.07, 6.45) is 87.6. The number of carbonyl (C=O) groups is 3. The number of carbonyl (C=O) groups excluding carboxylic acids is 3. The minimum atomic E-state index is -0.779. The maximum Gasteiger partial charge on any atom is 0.306 e. The summed E-state index contributed by atoms with van der Waals surface area (Å²) in [6, 6.07) is 0. The average Bonchev–Trinajstić information content (AvgIpc) is 3.44. The van der Waals surface area contributed by atoms with E-state index in [0.29, 0.717) is 19.3 Å². The lowest BCUT2D eigenvalue weighted by Crippen LogP contribution is -2.30. The fraction of sp³-hybridized carbons (Fsp3) is 0.764. The monoisotopic (exact) mass is 1090 g/mol. The summed E-state index contributed by atoms with van der Waals surface area (Å²) in [5.74, 6) is -0.876. The highest BCUT2D eigenvalue weighted by Crippen LogP contribution is 2.17. The van der Waals surface area contributed by atoms with Gasteiger partial charge >= 0.3 is 17.9 Å². The first kappa shape index (κ1) is 74.6. The van der Waals surface area contributed by atoms with E-state index in [4.69, 9.17) is 14.2 Å². The Bertz CT molecular complexity index is 1480. The Labute approximate surface area is 484 Å². The van der Waals surface area contributed by atoms with Crippen LogP contribution in [0.15, 0.2) is 85.1 Å². The zero-order chi connectivity index (χ0) is 56.4. The zero-order valence-electron chi connectivity index (χ0n) is 51.7. The van der Waals surface area contributed by atoms with E-state index in [9.17, 15) is 14.4 Å². The predicted molar refractivity (Wildman–Crippen MR) is 339 cm³/mol. The quantitative estimate of drug-likeness (QED) is 0.0261. The number of rotatable bonds is 61. The standard InChI is InChI=1S/C72H126O6/c1-4-7-10-13-16-19-22-24-26-27-28-29-30-31-32-33-34-35-36-37-38-39-40-41-42-43-44-45-46-48-50-53-56-59-62-65-71(74)77-68-69(67-76-70(73)64-61-58-55-52-49-21-18-15-12-9-6-3)78-72(75)66-63-60-57-54-51-47-25-23-20-17-14-11-8-5-2/h7,10,14,16-17,19,23-26,28-29,31-32,69H,4-6,8-9,11-13,15,18,20-22,27,30,33-68H2,1-3H3/b10-7-,17-14-,19-16-,25-23-,26-24-,29-28-,32-31-. The number of hydrogen-bond donors (Lipinski definition) is 0. The van der Waals surface area contributed by atoms with E-state index in [1.807, 2.05) is 0 Å². The van der Waals surface area contributed by atoms with Crippen LogP contribution in [0.2, 0.25) is 0 Å². The average molecular weight is 1090 g/mol. The molecule has 450 valence electrons. The van der Waals surface area contributed by atoms with Crippen LogP contribution in [-0.2, 0) is 28.6 Å². The van der Waals surface area contributed by atoms with Gasteiger partial charge in [-0.05, 0) is 89.9 Å². The maximum absolute atomic E-state index is 12.9. The molecule has 0 spiro atoms. The van der Waals surface area contributed by atoms with Gasteiger partial charge in [0.25, 0.3) is 0 Å². The van der Waals surface area contributed by atoms with Crippen LogP contribution in [0, 0.1) is 0 Å². The first-order valence-electron chi connectivity index (χ1n) is 33.6. The van der Waals surface area contributed by atoms with Gasteiger partial charge in [0.1, 0.15) is 13.2 Å². The van der Waals surface area contributed by atoms with E-state index in [1.165, 1.54) is 180 Å². The summed E-state index contributed by atoms with van der Waals surface area (Å²) < 4.78 is 16.9. The fourth-order valence-corrected chi connectivity index (χ4v) is 9.61. The molecule has 6 heteroatoms. The van der Waals surface area contributed by atoms with E-state index in [2.05, 4.69) is 106 Å². The number of allylic oxidation sites excluding steroid dienone is 14. The van der Waals surface area contributed by atoms with Crippen molar-refractivity contribution in [2.24, 2.45) is 0 Å². The lowest BCUT2D eigenvalue weighted by molar-refractivity contribution is -0.167. The number of hydrogen-bond acceptors (Lipinski definition) is 6. The van der Waals surface area contributed by atoms with E-state index in [0.717, 1.165) is 116 Å². The molecule has 0 aromatic rings. The smallest absolute Gasteiger partial charge is 0.306 e. The first-order valence-corrected chi connectivity index (χ1v) is 33.6. The van der Waals surface area contributed by atoms with Gasteiger partial charge in [0.2, 0.25) is 0 Å². The molecule has 0 saturated heterocycles. The molecule has 0 rings (SSSR count). The second kappa shape index (κ2) is 66.1. The SMILES string of the molecule is CC/C=C\C/C=C\C/C=C\C/C=C\C/C=C\CCCCCCCCCCCCCCCCCCCCCC(=O)OCC(COC(=O)CCCCCCCCCCCCC)OC(=O)CCCCCCC/C=C\C/C=C\CCCC. The maximum atomic E-state index is 12.9. The Morgan fingerprint density at radius 3 is 0.821 bits per heavy atom. The van der Waals surface area contributed by atoms with Crippen LogP contribution in [0.25, 0.3) is 0 Å². The van der Waals surface area contributed by atoms with Crippen molar-refractivity contribution in [2.75, 3.05) is 13.2 Å². The molecule has 0 fully saturated rings. The molecule has 0 aliphatic carbocycles. The molecule has 0 aromatic carbocycles. The van der Waals surface area contributed by atoms with E-state index >= 15 is 0 Å². The van der Waals surface area contributed by atoms with Gasteiger partial charge in [-0.15, -0.1) is 0 Å². The van der Waals surface area contributed by atoms with Gasteiger partial charge < -0.3 is 14.2 Å². The number of esters is 3. The molecule has 0 aliphatic heterocycles. The van der Waals surface area contributed by atoms with E-state index in [-0.39, 0.29) is 31.1 Å². The minimum absolute atomic E-state index is 0.0765. The van der Waals surface area contributed by atoms with Gasteiger partial charge in [0.15, 0.2) is 6.10 Å². The van der Waals surface area contributed by atoms with Crippen LogP contribution in [0.4, 0.5) is 0 Å². The van der Waals surface area contributed by atoms with Crippen molar-refractivity contribution in [3.05, 3.63) is 85.1 Å². The van der Waals surface area contributed by atoms with Crippen LogP contribution >= 0.6 is 0 Å². The van der Waals surface area contributed by atoms with E-state index < -0.39 is 6.10 Å². The third-order valence-corrected chi connectivity index (χ3v) is 14.6. The molecule has 0 aromatic heterocycles. The van der Waals surface area contributed by atoms with Crippen molar-refractivity contribution in [1.29, 1.82) is 0 Å². The molecule has 0 amide bonds. The Morgan fingerprint density at radius 2 is 0.513 bits per heavy atom. The van der Waals surface area contributed by atoms with Gasteiger partial charge in [-0.1, -0.05) is 311 Å². The van der Waals surface area contributed by atoms with Crippen molar-refractivity contribution >= 4 is 17.9 Å². The van der Waals surface area contributed by atoms with Gasteiger partial charge in [-0.2, -0.15) is 0 Å². The highest BCUT2D eigenvalue weighted by atomic mass is 16.6. The summed E-state index contributed by atoms with van der Waals surface area (Å²) in [5.41, 5.74) is 0. The molecule has 0 bridgehead atoms. The van der Waals surface area contributed by atoms with Gasteiger partial charge in [0, 0.05) is 19.3 Å². The van der Waals surface area contributed by atoms with Crippen LogP contribution < -0.4 is 0 Å². The third kappa shape index (κ3) is 63.4. The lowest BCUT2D eigenvalue weighted by atomic mass is 10.0. The van der Waals surface area contributed by atoms with Crippen molar-refractivity contribution in [1.82, 2.24) is 0 Å². The molecule has 0 N–H and O–H groups in total. The molecular weight excluding hydrogens is 961 g/mol. The second-order valence-electron chi connectivity index (χ2n) is 22.4. The third-order valence-electron chi connectivity index (χ3n) is 14.6. The van der Waals surface area contributed by atoms with Crippen LogP contribution in [0.3, 0.4) is 0 Å². The van der Waals surface area contributed by atoms with Crippen LogP contribution in [0.1, 0.15) is 335 Å². The number of unbranched alkanes of at least 4 members (excludes halogenated alkanes) is 36. The molecule has 6 nitrogen and oxygen atoms in total. The summed E-state index contributed by atoms with van der Waals surface area (Å²) in [4.78, 5) is 38.2. The molecule has 78 heavy (non-hydrogen) atoms. The first-order chi connectivity index (χ1) is 38.5. The molecule has 0 aliphatic rings. The second-order valence-corrected chi connectivity index (χ2v) is 22.4. The zero-order valence-corrected chi connectivity index (χ0v) is 51.7. The largest absolute Gasteiger partial charge is 0.462 e. The van der Waals surface area contributed by atoms with Crippen LogP contribution in [-0.4, -0.2) is 37.2 Å². The topological polar surface area (TPSA) is 78.9 Å². The Kier molecular flexibility index (Phi) is 63.2. The van der Waals surface area contributed by atoms with Crippen LogP contribution in [0.5, 0.6) is 0 Å². The minimum Gasteiger partial charge on any atom is -0.462 e. The van der Waals surface area contributed by atoms with Gasteiger partial charge in [-0.3, -0.25) is 14.4 Å². The van der Waals surface area contributed by atoms with Gasteiger partial charge in [-0.25, -0.2) is 0 Å². The predicted octanol–water partition coefficient (Wildman–Crippen LogP) is 23.1. The lowest BCUT2D eigenvalue weighted by Gasteiger charge is -2.18. The molecule has 0 radical (unpaired) electrons. The summed E-state index contributed by atoms with van der Waals surface area (Å²) >= 11 is 0. The molecule has 1 unspecified atom stereocenters. The molecule has 0 saturated carbocycles. The molecule has 0 heterocycles. The fourth-order valence-electron chi connectivity index (χ4n) is 9.61.